The second-order valence-corrected chi connectivity index (χ2v) is 19.4. The Balaban J connectivity index is 1.12. The molecule has 0 saturated carbocycles. The molecule has 65 heavy (non-hydrogen) atoms. The Morgan fingerprint density at radius 2 is 1.69 bits per heavy atom. The van der Waals surface area contributed by atoms with Gasteiger partial charge in [-0.2, -0.15) is 8.42 Å². The molecule has 3 heterocycles. The number of fused-ring (bicyclic) bond motifs is 2. The zero-order valence-electron chi connectivity index (χ0n) is 35.7. The van der Waals surface area contributed by atoms with E-state index in [1.54, 1.807) is 6.20 Å². The van der Waals surface area contributed by atoms with Crippen LogP contribution in [0.2, 0.25) is 0 Å². The second kappa shape index (κ2) is 20.8. The average Bonchev–Trinajstić information content (AvgIpc) is 3.71. The summed E-state index contributed by atoms with van der Waals surface area (Å²) in [4.78, 5) is 17.5. The minimum atomic E-state index is -5.38. The van der Waals surface area contributed by atoms with Gasteiger partial charge in [-0.3, -0.25) is 9.35 Å². The van der Waals surface area contributed by atoms with Crippen molar-refractivity contribution in [1.29, 1.82) is 0 Å². The van der Waals surface area contributed by atoms with Crippen LogP contribution in [-0.2, 0) is 42.6 Å². The molecule has 0 fully saturated rings. The molecule has 6 rings (SSSR count). The predicted molar refractivity (Wildman–Crippen MR) is 249 cm³/mol. The smallest absolute Gasteiger partial charge is 0.456 e. The van der Waals surface area contributed by atoms with E-state index in [2.05, 4.69) is 66.7 Å². The average molecular weight is 1070 g/mol. The summed E-state index contributed by atoms with van der Waals surface area (Å²) in [6, 6.07) is 14.8. The Morgan fingerprint density at radius 1 is 0.969 bits per heavy atom. The topological polar surface area (TPSA) is 202 Å². The molecule has 2 aliphatic rings. The first-order valence-corrected chi connectivity index (χ1v) is 25.1. The SMILES string of the molecule is CCN(CC)c1ccc2c(-c3ccc(S(=O)(=O)NCCOCCn4cc(CCC(=O)Nc5ncc(Br)c([B-](F)(F)F)c5Br)nn4)cc3S(=O)(=O)O)c3ccc(=[N+](CC)CC)cc-3oc2c1. The fourth-order valence-electron chi connectivity index (χ4n) is 7.28. The second-order valence-electron chi connectivity index (χ2n) is 14.6. The van der Waals surface area contributed by atoms with Crippen LogP contribution >= 0.6 is 31.9 Å². The summed E-state index contributed by atoms with van der Waals surface area (Å²) < 4.78 is 122. The third kappa shape index (κ3) is 11.6. The van der Waals surface area contributed by atoms with E-state index in [1.165, 1.54) is 16.8 Å². The van der Waals surface area contributed by atoms with Crippen molar-refractivity contribution >= 4 is 92.8 Å². The van der Waals surface area contributed by atoms with Crippen LogP contribution in [0.1, 0.15) is 39.8 Å². The summed E-state index contributed by atoms with van der Waals surface area (Å²) in [5, 5.41) is 11.8. The van der Waals surface area contributed by atoms with Crippen LogP contribution in [0.3, 0.4) is 0 Å². The minimum Gasteiger partial charge on any atom is -0.456 e. The van der Waals surface area contributed by atoms with E-state index >= 15 is 0 Å². The number of carbonyl (C=O) groups excluding carboxylic acids is 1. The Bertz CT molecular complexity index is 2980. The molecule has 4 aromatic rings. The first kappa shape index (κ1) is 49.7. The van der Waals surface area contributed by atoms with E-state index in [9.17, 15) is 39.1 Å². The molecule has 2 aromatic carbocycles. The molecule has 1 amide bonds. The lowest BCUT2D eigenvalue weighted by Gasteiger charge is -2.22. The number of pyridine rings is 1. The highest BCUT2D eigenvalue weighted by Crippen LogP contribution is 2.43. The predicted octanol–water partition coefficient (Wildman–Crippen LogP) is 6.24. The highest BCUT2D eigenvalue weighted by molar-refractivity contribution is 9.11. The summed E-state index contributed by atoms with van der Waals surface area (Å²) in [5.74, 6) is -0.387. The number of hydrogen-bond donors (Lipinski definition) is 3. The first-order chi connectivity index (χ1) is 30.8. The van der Waals surface area contributed by atoms with E-state index in [0.29, 0.717) is 33.6 Å². The van der Waals surface area contributed by atoms with Crippen molar-refractivity contribution < 1.29 is 48.3 Å². The van der Waals surface area contributed by atoms with Crippen molar-refractivity contribution in [3.8, 4) is 22.5 Å². The van der Waals surface area contributed by atoms with E-state index in [-0.39, 0.29) is 59.5 Å². The van der Waals surface area contributed by atoms with Crippen LogP contribution in [-0.4, -0.2) is 100 Å². The fourth-order valence-corrected chi connectivity index (χ4v) is 10.6. The Morgan fingerprint density at radius 3 is 2.37 bits per heavy atom. The van der Waals surface area contributed by atoms with Crippen LogP contribution in [0, 0.1) is 0 Å². The molecule has 3 N–H and O–H groups in total. The van der Waals surface area contributed by atoms with Gasteiger partial charge < -0.3 is 32.3 Å². The molecule has 0 saturated heterocycles. The maximum atomic E-state index is 13.5. The maximum Gasteiger partial charge on any atom is 0.512 e. The van der Waals surface area contributed by atoms with Crippen LogP contribution in [0.4, 0.5) is 24.5 Å². The van der Waals surface area contributed by atoms with Gasteiger partial charge in [0.15, 0.2) is 0 Å². The Kier molecular flexibility index (Phi) is 15.9. The molecule has 0 spiro atoms. The van der Waals surface area contributed by atoms with Crippen molar-refractivity contribution in [3.63, 3.8) is 0 Å². The highest BCUT2D eigenvalue weighted by Gasteiger charge is 2.32. The van der Waals surface area contributed by atoms with Gasteiger partial charge in [0, 0.05) is 93.7 Å². The lowest BCUT2D eigenvalue weighted by molar-refractivity contribution is -0.116. The number of benzene rings is 3. The van der Waals surface area contributed by atoms with Crippen molar-refractivity contribution in [1.82, 2.24) is 29.3 Å². The Labute approximate surface area is 390 Å². The molecular formula is C41H46BBr2F3N8O8S2. The number of sulfonamides is 1. The summed E-state index contributed by atoms with van der Waals surface area (Å²) in [6.45, 7) is 5.77. The van der Waals surface area contributed by atoms with Gasteiger partial charge in [-0.05, 0) is 74.0 Å². The van der Waals surface area contributed by atoms with Crippen molar-refractivity contribution in [3.05, 3.63) is 87.0 Å². The largest absolute Gasteiger partial charge is 0.512 e. The van der Waals surface area contributed by atoms with E-state index in [1.807, 2.05) is 64.1 Å². The normalized spacial score (nSPS) is 12.3. The first-order valence-electron chi connectivity index (χ1n) is 20.5. The molecule has 0 radical (unpaired) electrons. The molecule has 0 atom stereocenters. The van der Waals surface area contributed by atoms with Crippen LogP contribution < -0.4 is 30.3 Å². The van der Waals surface area contributed by atoms with Gasteiger partial charge >= 0.3 is 6.98 Å². The number of anilines is 2. The van der Waals surface area contributed by atoms with Crippen molar-refractivity contribution in [2.45, 2.75) is 56.9 Å². The third-order valence-electron chi connectivity index (χ3n) is 10.5. The van der Waals surface area contributed by atoms with Crippen LogP contribution in [0.15, 0.2) is 90.1 Å². The number of aromatic nitrogens is 4. The van der Waals surface area contributed by atoms with Gasteiger partial charge in [0.1, 0.15) is 35.1 Å². The summed E-state index contributed by atoms with van der Waals surface area (Å²) in [7, 11) is -9.29. The van der Waals surface area contributed by atoms with Gasteiger partial charge in [-0.25, -0.2) is 27.4 Å². The number of nitrogens with one attached hydrogen (secondary N) is 2. The van der Waals surface area contributed by atoms with Crippen LogP contribution in [0.5, 0.6) is 0 Å². The quantitative estimate of drug-likeness (QED) is 0.0256. The minimum absolute atomic E-state index is 0.0720. The van der Waals surface area contributed by atoms with Crippen molar-refractivity contribution in [2.24, 2.45) is 0 Å². The molecule has 1 aliphatic heterocycles. The summed E-state index contributed by atoms with van der Waals surface area (Å²) >= 11 is 5.73. The number of ether oxygens (including phenoxy) is 1. The van der Waals surface area contributed by atoms with Gasteiger partial charge in [0.25, 0.3) is 10.1 Å². The van der Waals surface area contributed by atoms with E-state index in [4.69, 9.17) is 9.15 Å². The third-order valence-corrected chi connectivity index (χ3v) is 14.3. The number of halogens is 5. The number of amides is 1. The van der Waals surface area contributed by atoms with Crippen molar-refractivity contribution in [2.75, 3.05) is 56.2 Å². The molecule has 1 aliphatic carbocycles. The van der Waals surface area contributed by atoms with Gasteiger partial charge in [0.2, 0.25) is 21.3 Å². The monoisotopic (exact) mass is 1070 g/mol. The highest BCUT2D eigenvalue weighted by atomic mass is 79.9. The molecule has 0 unspecified atom stereocenters. The number of rotatable bonds is 20. The fraction of sp³-hybridized carbons (Fsp3) is 0.341. The number of aryl methyl sites for hydroxylation is 1. The lowest BCUT2D eigenvalue weighted by Crippen LogP contribution is -2.37. The number of nitrogens with zero attached hydrogens (tertiary/aromatic N) is 6. The molecule has 24 heteroatoms. The lowest BCUT2D eigenvalue weighted by atomic mass is 9.81. The Hall–Kier alpha value is -4.72. The van der Waals surface area contributed by atoms with E-state index < -0.39 is 48.3 Å². The number of hydrogen-bond acceptors (Lipinski definition) is 11. The van der Waals surface area contributed by atoms with Gasteiger partial charge in [-0.15, -0.1) is 5.10 Å². The van der Waals surface area contributed by atoms with Gasteiger partial charge in [0.05, 0.1) is 36.4 Å². The zero-order valence-corrected chi connectivity index (χ0v) is 40.5. The summed E-state index contributed by atoms with van der Waals surface area (Å²) in [5.41, 5.74) is 1.93. The molecule has 348 valence electrons. The molecule has 16 nitrogen and oxygen atoms in total. The van der Waals surface area contributed by atoms with Gasteiger partial charge in [-0.1, -0.05) is 32.7 Å². The zero-order chi connectivity index (χ0) is 47.3. The number of carbonyl (C=O) groups is 1. The maximum absolute atomic E-state index is 13.5. The van der Waals surface area contributed by atoms with E-state index in [0.717, 1.165) is 49.5 Å². The molecule has 0 bridgehead atoms. The molecular weight excluding hydrogens is 1020 g/mol. The molecule has 2 aromatic heterocycles. The standard InChI is InChI=1S/C41H46BBr2F3N8O8S2/c1-5-53(6-2)27-10-13-30-34(21-27)63-35-22-28(54(7-3)8-4)11-14-31(35)38(30)32-15-12-29(23-36(32)65(59,60)61)64(57,58)49-17-19-62-20-18-55-25-26(51-52-55)9-16-37(56)50-41-40(44)39(42(45,46)47)33(43)24-48-41/h10-15,21-25,49H,5-9,16-20H2,1-4H3,(H,48,50,56)(H,59,60,61). The summed E-state index contributed by atoms with van der Waals surface area (Å²) in [6.07, 6.45) is 2.54. The van der Waals surface area contributed by atoms with Crippen LogP contribution in [0.25, 0.3) is 33.4 Å².